The van der Waals surface area contributed by atoms with E-state index in [0.29, 0.717) is 11.6 Å². The molecule has 8 nitrogen and oxygen atoms in total. The van der Waals surface area contributed by atoms with E-state index >= 15 is 0 Å². The van der Waals surface area contributed by atoms with Gasteiger partial charge in [-0.25, -0.2) is 9.29 Å². The summed E-state index contributed by atoms with van der Waals surface area (Å²) in [6.45, 7) is 3.77. The Bertz CT molecular complexity index is 1040. The van der Waals surface area contributed by atoms with Gasteiger partial charge in [-0.1, -0.05) is 43.3 Å². The van der Waals surface area contributed by atoms with E-state index in [2.05, 4.69) is 29.5 Å². The Kier molecular flexibility index (Phi) is 5.03. The first kappa shape index (κ1) is 19.7. The van der Waals surface area contributed by atoms with Crippen LogP contribution in [0.4, 0.5) is 15.8 Å². The molecule has 2 aliphatic heterocycles. The van der Waals surface area contributed by atoms with Crippen molar-refractivity contribution >= 4 is 29.1 Å². The number of carbonyl (C=O) groups is 3. The zero-order chi connectivity index (χ0) is 21.4. The minimum atomic E-state index is -0.997. The number of benzene rings is 2. The average Bonchev–Trinajstić information content (AvgIpc) is 3.23. The SMILES string of the molecule is CC(C)c1ccc(N2C(=O)[C@@H]3N=NN(CC(=O)Nc4ccccc4F)[C@H]3C2=O)cc1. The molecule has 0 bridgehead atoms. The number of carbonyl (C=O) groups excluding carboxylic acids is 3. The molecule has 2 heterocycles. The van der Waals surface area contributed by atoms with Gasteiger partial charge in [0.15, 0.2) is 12.1 Å². The van der Waals surface area contributed by atoms with E-state index in [1.165, 1.54) is 23.2 Å². The molecule has 3 amide bonds. The van der Waals surface area contributed by atoms with Crippen LogP contribution in [0.2, 0.25) is 0 Å². The van der Waals surface area contributed by atoms with Crippen LogP contribution in [0, 0.1) is 5.82 Å². The fraction of sp³-hybridized carbons (Fsp3) is 0.286. The van der Waals surface area contributed by atoms with Gasteiger partial charge in [0.25, 0.3) is 11.8 Å². The van der Waals surface area contributed by atoms with Crippen LogP contribution in [0.15, 0.2) is 58.9 Å². The largest absolute Gasteiger partial charge is 0.322 e. The Morgan fingerprint density at radius 1 is 1.10 bits per heavy atom. The number of rotatable bonds is 5. The molecule has 0 aliphatic carbocycles. The minimum Gasteiger partial charge on any atom is -0.322 e. The van der Waals surface area contributed by atoms with Gasteiger partial charge in [-0.05, 0) is 35.7 Å². The molecule has 0 spiro atoms. The first-order valence-corrected chi connectivity index (χ1v) is 9.56. The molecule has 0 radical (unpaired) electrons. The van der Waals surface area contributed by atoms with Gasteiger partial charge < -0.3 is 5.32 Å². The summed E-state index contributed by atoms with van der Waals surface area (Å²) in [5, 5.41) is 11.3. The van der Waals surface area contributed by atoms with Crippen LogP contribution >= 0.6 is 0 Å². The molecule has 2 atom stereocenters. The third kappa shape index (κ3) is 3.42. The van der Waals surface area contributed by atoms with Crippen LogP contribution in [-0.2, 0) is 14.4 Å². The van der Waals surface area contributed by atoms with Gasteiger partial charge in [0, 0.05) is 0 Å². The fourth-order valence-corrected chi connectivity index (χ4v) is 3.52. The lowest BCUT2D eigenvalue weighted by Crippen LogP contribution is -2.43. The lowest BCUT2D eigenvalue weighted by Gasteiger charge is -2.20. The zero-order valence-corrected chi connectivity index (χ0v) is 16.4. The molecule has 9 heteroatoms. The summed E-state index contributed by atoms with van der Waals surface area (Å²) < 4.78 is 13.7. The molecule has 0 unspecified atom stereocenters. The topological polar surface area (TPSA) is 94.4 Å². The summed E-state index contributed by atoms with van der Waals surface area (Å²) in [7, 11) is 0. The lowest BCUT2D eigenvalue weighted by molar-refractivity contribution is -0.123. The molecule has 1 saturated heterocycles. The number of halogens is 1. The Morgan fingerprint density at radius 2 is 1.80 bits per heavy atom. The fourth-order valence-electron chi connectivity index (χ4n) is 3.52. The number of amides is 3. The standard InChI is InChI=1S/C21H20FN5O3/c1-12(2)13-7-9-14(10-8-13)27-20(29)18-19(21(27)30)26(25-24-18)11-17(28)23-16-6-4-3-5-15(16)22/h3-10,12,18-19H,11H2,1-2H3,(H,23,28)/t18-,19-/m1/s1. The van der Waals surface area contributed by atoms with Crippen molar-refractivity contribution in [1.82, 2.24) is 5.01 Å². The highest BCUT2D eigenvalue weighted by molar-refractivity contribution is 6.25. The van der Waals surface area contributed by atoms with Crippen molar-refractivity contribution < 1.29 is 18.8 Å². The zero-order valence-electron chi connectivity index (χ0n) is 16.4. The second kappa shape index (κ2) is 7.66. The third-order valence-electron chi connectivity index (χ3n) is 5.13. The molecule has 2 aromatic rings. The van der Waals surface area contributed by atoms with E-state index in [4.69, 9.17) is 0 Å². The van der Waals surface area contributed by atoms with Crippen LogP contribution in [0.5, 0.6) is 0 Å². The van der Waals surface area contributed by atoms with Crippen molar-refractivity contribution in [3.8, 4) is 0 Å². The summed E-state index contributed by atoms with van der Waals surface area (Å²) in [4.78, 5) is 39.1. The van der Waals surface area contributed by atoms with Gasteiger partial charge in [0.05, 0.1) is 11.4 Å². The van der Waals surface area contributed by atoms with Gasteiger partial charge in [-0.3, -0.25) is 19.4 Å². The Balaban J connectivity index is 1.49. The first-order chi connectivity index (χ1) is 14.4. The van der Waals surface area contributed by atoms with Crippen LogP contribution in [0.25, 0.3) is 0 Å². The van der Waals surface area contributed by atoms with E-state index in [1.807, 2.05) is 12.1 Å². The molecule has 1 fully saturated rings. The number of hydrogen-bond donors (Lipinski definition) is 1. The monoisotopic (exact) mass is 409 g/mol. The first-order valence-electron chi connectivity index (χ1n) is 9.56. The van der Waals surface area contributed by atoms with Crippen molar-refractivity contribution in [2.24, 2.45) is 10.3 Å². The third-order valence-corrected chi connectivity index (χ3v) is 5.13. The summed E-state index contributed by atoms with van der Waals surface area (Å²) in [6, 6.07) is 10.9. The van der Waals surface area contributed by atoms with E-state index in [9.17, 15) is 18.8 Å². The quantitative estimate of drug-likeness (QED) is 0.769. The summed E-state index contributed by atoms with van der Waals surface area (Å²) in [6.07, 6.45) is 0. The highest BCUT2D eigenvalue weighted by atomic mass is 19.1. The molecule has 30 heavy (non-hydrogen) atoms. The number of nitrogens with zero attached hydrogens (tertiary/aromatic N) is 4. The Morgan fingerprint density at radius 3 is 2.47 bits per heavy atom. The molecule has 1 N–H and O–H groups in total. The lowest BCUT2D eigenvalue weighted by atomic mass is 10.0. The minimum absolute atomic E-state index is 0.0240. The molecular formula is C21H20FN5O3. The highest BCUT2D eigenvalue weighted by Gasteiger charge is 2.55. The van der Waals surface area contributed by atoms with Crippen molar-refractivity contribution in [3.05, 3.63) is 59.9 Å². The molecule has 4 rings (SSSR count). The van der Waals surface area contributed by atoms with Crippen molar-refractivity contribution in [3.63, 3.8) is 0 Å². The molecule has 0 saturated carbocycles. The Hall–Kier alpha value is -3.62. The average molecular weight is 409 g/mol. The number of para-hydroxylation sites is 1. The van der Waals surface area contributed by atoms with E-state index in [0.717, 1.165) is 10.5 Å². The smallest absolute Gasteiger partial charge is 0.263 e. The van der Waals surface area contributed by atoms with E-state index < -0.39 is 35.6 Å². The number of anilines is 2. The van der Waals surface area contributed by atoms with Crippen LogP contribution in [0.1, 0.15) is 25.3 Å². The van der Waals surface area contributed by atoms with Crippen molar-refractivity contribution in [2.45, 2.75) is 31.8 Å². The second-order valence-electron chi connectivity index (χ2n) is 7.48. The molecule has 2 aliphatic rings. The Labute approximate surface area is 172 Å². The van der Waals surface area contributed by atoms with Gasteiger partial charge in [-0.15, -0.1) is 0 Å². The maximum absolute atomic E-state index is 13.7. The summed E-state index contributed by atoms with van der Waals surface area (Å²) in [5.74, 6) is -1.80. The van der Waals surface area contributed by atoms with Gasteiger partial charge in [0.1, 0.15) is 12.4 Å². The van der Waals surface area contributed by atoms with Gasteiger partial charge in [-0.2, -0.15) is 5.11 Å². The van der Waals surface area contributed by atoms with Crippen molar-refractivity contribution in [1.29, 1.82) is 0 Å². The maximum Gasteiger partial charge on any atom is 0.263 e. The van der Waals surface area contributed by atoms with Crippen molar-refractivity contribution in [2.75, 3.05) is 16.8 Å². The summed E-state index contributed by atoms with van der Waals surface area (Å²) >= 11 is 0. The van der Waals surface area contributed by atoms with Crippen LogP contribution in [-0.4, -0.2) is 41.4 Å². The summed E-state index contributed by atoms with van der Waals surface area (Å²) in [5.41, 5.74) is 1.56. The van der Waals surface area contributed by atoms with Gasteiger partial charge in [0.2, 0.25) is 5.91 Å². The molecular weight excluding hydrogens is 389 g/mol. The maximum atomic E-state index is 13.7. The van der Waals surface area contributed by atoms with E-state index in [-0.39, 0.29) is 12.2 Å². The molecule has 0 aromatic heterocycles. The number of hydrogen-bond acceptors (Lipinski definition) is 6. The predicted octanol–water partition coefficient (Wildman–Crippen LogP) is 2.88. The second-order valence-corrected chi connectivity index (χ2v) is 7.48. The molecule has 154 valence electrons. The highest BCUT2D eigenvalue weighted by Crippen LogP contribution is 2.32. The van der Waals surface area contributed by atoms with Gasteiger partial charge >= 0.3 is 0 Å². The number of nitrogens with one attached hydrogen (secondary N) is 1. The molecule has 2 aromatic carbocycles. The number of imide groups is 1. The predicted molar refractivity (Wildman–Crippen MR) is 107 cm³/mol. The normalized spacial score (nSPS) is 20.3. The van der Waals surface area contributed by atoms with Crippen LogP contribution < -0.4 is 10.2 Å². The number of fused-ring (bicyclic) bond motifs is 1. The van der Waals surface area contributed by atoms with Crippen LogP contribution in [0.3, 0.4) is 0 Å². The van der Waals surface area contributed by atoms with E-state index in [1.54, 1.807) is 18.2 Å².